The van der Waals surface area contributed by atoms with Gasteiger partial charge in [0.2, 0.25) is 5.88 Å². The second-order valence-electron chi connectivity index (χ2n) is 12.8. The molecule has 46 heavy (non-hydrogen) atoms. The fraction of sp³-hybridized carbons (Fsp3) is 0.556. The second-order valence-corrected chi connectivity index (χ2v) is 13.2. The van der Waals surface area contributed by atoms with Gasteiger partial charge in [-0.25, -0.2) is 13.4 Å². The first-order valence-corrected chi connectivity index (χ1v) is 16.7. The fourth-order valence-corrected chi connectivity index (χ4v) is 7.37. The molecule has 3 aliphatic rings. The molecule has 2 fully saturated rings. The van der Waals surface area contributed by atoms with Crippen LogP contribution in [0.4, 0.5) is 8.78 Å². The Kier molecular flexibility index (Phi) is 12.2. The largest absolute Gasteiger partial charge is 0.471 e. The number of rotatable bonds is 13. The maximum Gasteiger partial charge on any atom is 0.282 e. The van der Waals surface area contributed by atoms with Crippen molar-refractivity contribution in [2.45, 2.75) is 96.3 Å². The molecule has 1 aromatic rings. The van der Waals surface area contributed by atoms with Crippen molar-refractivity contribution in [3.8, 4) is 6.07 Å². The van der Waals surface area contributed by atoms with Gasteiger partial charge in [0.1, 0.15) is 11.5 Å². The quantitative estimate of drug-likeness (QED) is 0.0735. The molecule has 0 spiro atoms. The number of nitrogens with zero attached hydrogens (tertiary/aromatic N) is 5. The number of hydrogen-bond acceptors (Lipinski definition) is 4. The van der Waals surface area contributed by atoms with E-state index in [-0.39, 0.29) is 18.8 Å². The fourth-order valence-electron chi connectivity index (χ4n) is 7.14. The minimum Gasteiger partial charge on any atom is -0.471 e. The molecule has 1 amide bonds. The number of amides is 1. The van der Waals surface area contributed by atoms with Crippen molar-refractivity contribution in [3.63, 3.8) is 0 Å². The van der Waals surface area contributed by atoms with Crippen LogP contribution in [0.15, 0.2) is 65.3 Å². The van der Waals surface area contributed by atoms with Gasteiger partial charge >= 0.3 is 0 Å². The number of nitriles is 1. The van der Waals surface area contributed by atoms with E-state index < -0.39 is 29.5 Å². The first kappa shape index (κ1) is 35.3. The maximum atomic E-state index is 14.5. The summed E-state index contributed by atoms with van der Waals surface area (Å²) < 4.78 is 36.8. The van der Waals surface area contributed by atoms with Gasteiger partial charge in [0.25, 0.3) is 5.91 Å². The van der Waals surface area contributed by atoms with Gasteiger partial charge in [-0.1, -0.05) is 55.3 Å². The Morgan fingerprint density at radius 3 is 2.74 bits per heavy atom. The summed E-state index contributed by atoms with van der Waals surface area (Å²) in [6.45, 7) is 15.2. The van der Waals surface area contributed by atoms with Crippen LogP contribution in [0.2, 0.25) is 5.02 Å². The Hall–Kier alpha value is -3.51. The predicted molar refractivity (Wildman–Crippen MR) is 179 cm³/mol. The molecular weight excluding hydrogens is 608 g/mol. The van der Waals surface area contributed by atoms with Crippen LogP contribution in [-0.4, -0.2) is 82.4 Å². The lowest BCUT2D eigenvalue weighted by Gasteiger charge is -2.42. The number of aryl methyl sites for hydroxylation is 1. The van der Waals surface area contributed by atoms with Gasteiger partial charge in [-0.15, -0.1) is 0 Å². The van der Waals surface area contributed by atoms with E-state index in [1.54, 1.807) is 0 Å². The summed E-state index contributed by atoms with van der Waals surface area (Å²) in [6.07, 6.45) is 5.50. The molecular formula is C36H47ClF2N5O2+. The van der Waals surface area contributed by atoms with Gasteiger partial charge in [-0.2, -0.15) is 10.3 Å². The maximum absolute atomic E-state index is 14.5. The van der Waals surface area contributed by atoms with Crippen LogP contribution in [-0.2, 0) is 16.0 Å². The Morgan fingerprint density at radius 2 is 2.04 bits per heavy atom. The van der Waals surface area contributed by atoms with Crippen LogP contribution in [0.3, 0.4) is 0 Å². The number of piperazine rings is 1. The highest BCUT2D eigenvalue weighted by Gasteiger charge is 2.55. The van der Waals surface area contributed by atoms with Crippen LogP contribution in [0.5, 0.6) is 0 Å². The van der Waals surface area contributed by atoms with E-state index in [0.29, 0.717) is 38.5 Å². The van der Waals surface area contributed by atoms with E-state index in [1.807, 2.05) is 24.3 Å². The number of amidine groups is 1. The molecule has 3 aliphatic heterocycles. The van der Waals surface area contributed by atoms with Gasteiger partial charge in [-0.3, -0.25) is 4.79 Å². The molecule has 3 atom stereocenters. The topological polar surface area (TPSA) is 71.9 Å². The number of ether oxygens (including phenoxy) is 1. The van der Waals surface area contributed by atoms with Crippen molar-refractivity contribution < 1.29 is 22.9 Å². The summed E-state index contributed by atoms with van der Waals surface area (Å²) in [5, 5.41) is 10.3. The van der Waals surface area contributed by atoms with Gasteiger partial charge in [0, 0.05) is 44.4 Å². The smallest absolute Gasteiger partial charge is 0.282 e. The summed E-state index contributed by atoms with van der Waals surface area (Å²) in [4.78, 5) is 21.0. The second kappa shape index (κ2) is 15.9. The number of allylic oxidation sites excluding steroid dienone is 1. The number of hydrogen-bond donors (Lipinski definition) is 0. The standard InChI is InChI=1S/C36H47ClF2N5O2/c1-6-10-32(25(2)11-9-13-29-12-7-8-14-33(29)37)34(42-19-20-43(35(45)27(4)38)31(23-42)16-18-40)41-28(5)46-24-36-17-15-26(3)44(36)22-30(39)21-36/h7-8,12,14,30-31H,4-6,9-11,13,15-17,19-24H2,1-3H3/q+1/b32-25+,41-34+. The van der Waals surface area contributed by atoms with E-state index in [9.17, 15) is 18.8 Å². The average molecular weight is 655 g/mol. The molecule has 0 aliphatic carbocycles. The highest BCUT2D eigenvalue weighted by Crippen LogP contribution is 2.38. The number of aliphatic imine (C=N–C) groups is 1. The first-order valence-electron chi connectivity index (χ1n) is 16.3. The lowest BCUT2D eigenvalue weighted by atomic mass is 9.94. The van der Waals surface area contributed by atoms with E-state index in [1.165, 1.54) is 16.2 Å². The minimum atomic E-state index is -1.04. The van der Waals surface area contributed by atoms with Gasteiger partial charge in [-0.05, 0) is 56.4 Å². The van der Waals surface area contributed by atoms with Crippen LogP contribution in [0, 0.1) is 11.3 Å². The minimum absolute atomic E-state index is 0.0441. The van der Waals surface area contributed by atoms with Crippen molar-refractivity contribution >= 4 is 29.1 Å². The van der Waals surface area contributed by atoms with Crippen LogP contribution < -0.4 is 0 Å². The molecule has 0 bridgehead atoms. The molecule has 4 rings (SSSR count). The monoisotopic (exact) mass is 654 g/mol. The zero-order valence-corrected chi connectivity index (χ0v) is 28.2. The SMILES string of the molecule is C=C(/N=C(\C(CCC)=C(/C)CCCc1ccccc1Cl)N1CCN(C(=O)C(=C)F)C(CC#N)C1)OCC12CCC(C)=[N+]1CC(F)C2. The predicted octanol–water partition coefficient (Wildman–Crippen LogP) is 7.32. The molecule has 0 saturated carbocycles. The number of benzene rings is 1. The van der Waals surface area contributed by atoms with Gasteiger partial charge < -0.3 is 14.5 Å². The van der Waals surface area contributed by atoms with Crippen LogP contribution in [0.25, 0.3) is 0 Å². The summed E-state index contributed by atoms with van der Waals surface area (Å²) >= 11 is 6.41. The van der Waals surface area contributed by atoms with Gasteiger partial charge in [0.15, 0.2) is 30.7 Å². The van der Waals surface area contributed by atoms with Crippen molar-refractivity contribution in [2.24, 2.45) is 4.99 Å². The van der Waals surface area contributed by atoms with Crippen LogP contribution in [0.1, 0.15) is 77.7 Å². The summed E-state index contributed by atoms with van der Waals surface area (Å²) in [5.74, 6) is -0.903. The Balaban J connectivity index is 1.62. The third-order valence-electron chi connectivity index (χ3n) is 9.55. The lowest BCUT2D eigenvalue weighted by molar-refractivity contribution is -0.583. The molecule has 7 nitrogen and oxygen atoms in total. The zero-order chi connectivity index (χ0) is 33.4. The number of alkyl halides is 1. The summed E-state index contributed by atoms with van der Waals surface area (Å²) in [6, 6.07) is 9.48. The van der Waals surface area contributed by atoms with Crippen molar-refractivity contribution in [1.29, 1.82) is 5.26 Å². The third kappa shape index (κ3) is 8.25. The van der Waals surface area contributed by atoms with Crippen molar-refractivity contribution in [1.82, 2.24) is 9.80 Å². The highest BCUT2D eigenvalue weighted by atomic mass is 35.5. The molecule has 2 saturated heterocycles. The Morgan fingerprint density at radius 1 is 1.28 bits per heavy atom. The molecule has 3 unspecified atom stereocenters. The Labute approximate surface area is 277 Å². The average Bonchev–Trinajstić information content (AvgIpc) is 3.52. The summed E-state index contributed by atoms with van der Waals surface area (Å²) in [7, 11) is 0. The zero-order valence-electron chi connectivity index (χ0n) is 27.5. The highest BCUT2D eigenvalue weighted by molar-refractivity contribution is 6.31. The van der Waals surface area contributed by atoms with E-state index in [4.69, 9.17) is 21.3 Å². The van der Waals surface area contributed by atoms with Crippen LogP contribution >= 0.6 is 11.6 Å². The Bertz CT molecular complexity index is 1460. The number of carbonyl (C=O) groups excluding carboxylic acids is 1. The summed E-state index contributed by atoms with van der Waals surface area (Å²) in [5.41, 5.74) is 4.14. The molecule has 1 aromatic carbocycles. The normalized spacial score (nSPS) is 23.6. The first-order chi connectivity index (χ1) is 22.0. The molecule has 3 heterocycles. The lowest BCUT2D eigenvalue weighted by Crippen LogP contribution is -2.56. The van der Waals surface area contributed by atoms with Crippen molar-refractivity contribution in [2.75, 3.05) is 32.8 Å². The molecule has 0 radical (unpaired) electrons. The third-order valence-corrected chi connectivity index (χ3v) is 9.92. The van der Waals surface area contributed by atoms with Gasteiger partial charge in [0.05, 0.1) is 25.0 Å². The number of fused-ring (bicyclic) bond motifs is 1. The van der Waals surface area contributed by atoms with Crippen molar-refractivity contribution in [3.05, 3.63) is 70.9 Å². The van der Waals surface area contributed by atoms with E-state index >= 15 is 0 Å². The molecule has 10 heteroatoms. The molecule has 0 N–H and O–H groups in total. The number of carbonyl (C=O) groups is 1. The number of halogens is 3. The van der Waals surface area contributed by atoms with E-state index in [2.05, 4.69) is 49.5 Å². The van der Waals surface area contributed by atoms with E-state index in [0.717, 1.165) is 61.1 Å². The molecule has 0 aromatic heterocycles. The molecule has 248 valence electrons.